The SMILES string of the molecule is CC(C)[C@@H](C(=O)N[C@H]1Cc2cc(O)cc(c2)-c2ccc3c(C(C)(C)C#N)cn(c3c2)CC(C)(C)COC(=O)[C@@H]2CCCN(N2)C1=O)N1CCC2(CN(C(=O)[C@H](F)Cl)C2)C1=O. The van der Waals surface area contributed by atoms with Crippen LogP contribution in [0, 0.1) is 28.1 Å². The van der Waals surface area contributed by atoms with Crippen molar-refractivity contribution in [2.75, 3.05) is 32.8 Å². The molecule has 0 saturated carbocycles. The van der Waals surface area contributed by atoms with E-state index in [0.717, 1.165) is 22.0 Å². The van der Waals surface area contributed by atoms with E-state index < -0.39 is 63.7 Å². The predicted octanol–water partition coefficient (Wildman–Crippen LogP) is 4.54. The van der Waals surface area contributed by atoms with Gasteiger partial charge >= 0.3 is 5.97 Å². The number of cyclic esters (lactones) is 1. The highest BCUT2D eigenvalue weighted by atomic mass is 35.5. The second-order valence-electron chi connectivity index (χ2n) is 18.6. The van der Waals surface area contributed by atoms with Gasteiger partial charge in [-0.05, 0) is 79.5 Å². The number of ether oxygens (including phenoxy) is 1. The molecule has 3 saturated heterocycles. The summed E-state index contributed by atoms with van der Waals surface area (Å²) >= 11 is 5.37. The van der Waals surface area contributed by atoms with Gasteiger partial charge in [0.25, 0.3) is 17.4 Å². The van der Waals surface area contributed by atoms with Crippen molar-refractivity contribution in [2.24, 2.45) is 16.7 Å². The minimum absolute atomic E-state index is 0.00118. The number of alkyl halides is 2. The van der Waals surface area contributed by atoms with E-state index in [2.05, 4.69) is 21.4 Å². The van der Waals surface area contributed by atoms with Crippen molar-refractivity contribution in [3.05, 3.63) is 53.7 Å². The number of carbonyl (C=O) groups is 5. The first-order chi connectivity index (χ1) is 28.2. The molecule has 4 atom stereocenters. The second kappa shape index (κ2) is 16.0. The molecule has 4 aliphatic rings. The van der Waals surface area contributed by atoms with E-state index in [1.807, 2.05) is 58.2 Å². The number of aromatic nitrogens is 1. The topological polar surface area (TPSA) is 177 Å². The van der Waals surface area contributed by atoms with E-state index in [4.69, 9.17) is 16.3 Å². The van der Waals surface area contributed by atoms with Crippen LogP contribution in [0.3, 0.4) is 0 Å². The average molecular weight is 846 g/mol. The van der Waals surface area contributed by atoms with Crippen molar-refractivity contribution in [2.45, 2.75) is 103 Å². The number of aromatic hydroxyl groups is 1. The number of hydrogen-bond acceptors (Lipinski definition) is 9. The minimum atomic E-state index is -2.21. The molecule has 0 radical (unpaired) electrons. The largest absolute Gasteiger partial charge is 0.508 e. The van der Waals surface area contributed by atoms with Gasteiger partial charge in [0, 0.05) is 61.7 Å². The van der Waals surface area contributed by atoms with E-state index in [9.17, 15) is 38.7 Å². The van der Waals surface area contributed by atoms with Crippen LogP contribution in [0.5, 0.6) is 5.75 Å². The maximum Gasteiger partial charge on any atom is 0.324 e. The fourth-order valence-corrected chi connectivity index (χ4v) is 9.32. The lowest BCUT2D eigenvalue weighted by molar-refractivity contribution is -0.158. The number of halogens is 2. The number of carbonyl (C=O) groups excluding carboxylic acids is 5. The van der Waals surface area contributed by atoms with Gasteiger partial charge in [0.15, 0.2) is 0 Å². The van der Waals surface area contributed by atoms with Gasteiger partial charge in [0.2, 0.25) is 11.8 Å². The highest BCUT2D eigenvalue weighted by molar-refractivity contribution is 6.29. The number of phenols is 1. The highest BCUT2D eigenvalue weighted by Gasteiger charge is 2.58. The number of nitriles is 1. The van der Waals surface area contributed by atoms with Gasteiger partial charge in [-0.1, -0.05) is 57.5 Å². The molecule has 4 amide bonds. The maximum atomic E-state index is 14.6. The zero-order valence-corrected chi connectivity index (χ0v) is 35.6. The van der Waals surface area contributed by atoms with Crippen LogP contribution < -0.4 is 10.7 Å². The number of hydrogen-bond donors (Lipinski definition) is 3. The fraction of sp³-hybridized carbons (Fsp3) is 0.545. The highest BCUT2D eigenvalue weighted by Crippen LogP contribution is 2.43. The summed E-state index contributed by atoms with van der Waals surface area (Å²) in [6.45, 7) is 12.3. The van der Waals surface area contributed by atoms with Crippen LogP contribution in [0.15, 0.2) is 42.6 Å². The molecule has 6 bridgehead atoms. The molecule has 1 spiro atoms. The van der Waals surface area contributed by atoms with Gasteiger partial charge in [0.05, 0.1) is 23.5 Å². The molecule has 7 rings (SSSR count). The zero-order valence-electron chi connectivity index (χ0n) is 34.9. The number of benzene rings is 2. The summed E-state index contributed by atoms with van der Waals surface area (Å²) in [6.07, 6.45) is 3.20. The molecule has 3 aromatic rings. The van der Waals surface area contributed by atoms with E-state index in [-0.39, 0.29) is 56.8 Å². The quantitative estimate of drug-likeness (QED) is 0.238. The van der Waals surface area contributed by atoms with Crippen molar-refractivity contribution in [1.29, 1.82) is 5.26 Å². The molecule has 16 heteroatoms. The maximum absolute atomic E-state index is 14.6. The van der Waals surface area contributed by atoms with Crippen LogP contribution in [0.2, 0.25) is 0 Å². The molecular formula is C44H53ClFN7O7. The fourth-order valence-electron chi connectivity index (χ4n) is 9.18. The van der Waals surface area contributed by atoms with Crippen LogP contribution in [0.1, 0.15) is 71.9 Å². The predicted molar refractivity (Wildman–Crippen MR) is 221 cm³/mol. The van der Waals surface area contributed by atoms with Crippen molar-refractivity contribution in [3.63, 3.8) is 0 Å². The van der Waals surface area contributed by atoms with Crippen LogP contribution in [0.25, 0.3) is 22.0 Å². The zero-order chi connectivity index (χ0) is 43.5. The number of amides is 4. The van der Waals surface area contributed by atoms with Gasteiger partial charge in [0.1, 0.15) is 23.9 Å². The number of fused-ring (bicyclic) bond motifs is 6. The van der Waals surface area contributed by atoms with Crippen molar-refractivity contribution in [1.82, 2.24) is 30.1 Å². The van der Waals surface area contributed by atoms with Crippen molar-refractivity contribution >= 4 is 52.1 Å². The lowest BCUT2D eigenvalue weighted by atomic mass is 9.78. The first-order valence-electron chi connectivity index (χ1n) is 20.5. The molecule has 1 aromatic heterocycles. The Kier molecular flexibility index (Phi) is 11.4. The van der Waals surface area contributed by atoms with Crippen molar-refractivity contribution < 1.29 is 38.2 Å². The molecule has 60 heavy (non-hydrogen) atoms. The Morgan fingerprint density at radius 3 is 2.50 bits per heavy atom. The number of nitrogens with zero attached hydrogens (tertiary/aromatic N) is 5. The lowest BCUT2D eigenvalue weighted by Crippen LogP contribution is -2.64. The Bertz CT molecular complexity index is 2280. The monoisotopic (exact) mass is 845 g/mol. The second-order valence-corrected chi connectivity index (χ2v) is 19.0. The summed E-state index contributed by atoms with van der Waals surface area (Å²) in [5, 5.41) is 26.4. The van der Waals surface area contributed by atoms with E-state index in [1.54, 1.807) is 19.9 Å². The molecule has 0 unspecified atom stereocenters. The Morgan fingerprint density at radius 1 is 1.08 bits per heavy atom. The number of rotatable bonds is 6. The summed E-state index contributed by atoms with van der Waals surface area (Å²) in [5.41, 5.74) is 2.23. The number of phenolic OH excluding ortho intramolecular Hbond substituents is 1. The Morgan fingerprint density at radius 2 is 1.82 bits per heavy atom. The number of esters is 1. The molecule has 320 valence electrons. The third kappa shape index (κ3) is 8.16. The summed E-state index contributed by atoms with van der Waals surface area (Å²) in [5.74, 6) is -3.26. The van der Waals surface area contributed by atoms with Crippen molar-refractivity contribution in [3.8, 4) is 22.9 Å². The van der Waals surface area contributed by atoms with Crippen LogP contribution >= 0.6 is 11.6 Å². The molecule has 4 aliphatic heterocycles. The van der Waals surface area contributed by atoms with Crippen LogP contribution in [0.4, 0.5) is 4.39 Å². The first kappa shape index (κ1) is 42.9. The third-order valence-corrected chi connectivity index (χ3v) is 12.6. The molecule has 0 aliphatic carbocycles. The molecule has 5 heterocycles. The number of hydrazine groups is 1. The standard InChI is InChI=1S/C44H53ClFN7O7/c1-25(2)35(52-13-11-44(41(52)59)22-51(23-44)39(57)36(45)46)37(55)48-33-16-26-14-28(17-29(54)15-26)27-9-10-30-31(43(5,6)20-47)19-50(34(30)18-27)21-42(3,4)24-60-40(58)32-8-7-12-53(49-32)38(33)56/h9-10,14-15,17-19,25,32-33,35-36,49,54H,7-8,11-13,16,21-24H2,1-6H3,(H,48,55)/t32-,33-,35-,36-/m0/s1. The van der Waals surface area contributed by atoms with Crippen LogP contribution in [-0.4, -0.2) is 111 Å². The lowest BCUT2D eigenvalue weighted by Gasteiger charge is -2.46. The van der Waals surface area contributed by atoms with Gasteiger partial charge in [-0.3, -0.25) is 29.0 Å². The Labute approximate surface area is 353 Å². The van der Waals surface area contributed by atoms with Crippen LogP contribution in [-0.2, 0) is 47.1 Å². The summed E-state index contributed by atoms with van der Waals surface area (Å²) < 4.78 is 21.5. The summed E-state index contributed by atoms with van der Waals surface area (Å²) in [7, 11) is 0. The van der Waals surface area contributed by atoms with E-state index in [1.165, 1.54) is 20.9 Å². The smallest absolute Gasteiger partial charge is 0.324 e. The molecular weight excluding hydrogens is 793 g/mol. The normalized spacial score (nSPS) is 22.9. The minimum Gasteiger partial charge on any atom is -0.508 e. The Balaban J connectivity index is 1.24. The molecule has 14 nitrogen and oxygen atoms in total. The van der Waals surface area contributed by atoms with Gasteiger partial charge in [-0.25, -0.2) is 9.82 Å². The molecule has 2 aromatic carbocycles. The number of likely N-dealkylation sites (tertiary alicyclic amines) is 2. The molecule has 3 N–H and O–H groups in total. The van der Waals surface area contributed by atoms with E-state index >= 15 is 0 Å². The first-order valence-corrected chi connectivity index (χ1v) is 21.0. The van der Waals surface area contributed by atoms with Gasteiger partial charge in [-0.2, -0.15) is 5.26 Å². The molecule has 3 fully saturated rings. The average Bonchev–Trinajstić information content (AvgIpc) is 3.71. The summed E-state index contributed by atoms with van der Waals surface area (Å²) in [4.78, 5) is 71.4. The van der Waals surface area contributed by atoms with Gasteiger partial charge in [-0.15, -0.1) is 0 Å². The third-order valence-electron chi connectivity index (χ3n) is 12.4. The summed E-state index contributed by atoms with van der Waals surface area (Å²) in [6, 6.07) is 10.3. The van der Waals surface area contributed by atoms with E-state index in [0.29, 0.717) is 36.9 Å². The number of nitrogens with one attached hydrogen (secondary N) is 2. The Hall–Kier alpha value is -5.20. The van der Waals surface area contributed by atoms with Gasteiger partial charge < -0.3 is 29.5 Å².